The minimum Gasteiger partial charge on any atom is -0.455 e. The number of carbonyl (C=O) groups excluding carboxylic acids is 1. The number of fused-ring (bicyclic) bond motifs is 1. The third-order valence-electron chi connectivity index (χ3n) is 4.91. The third-order valence-corrected chi connectivity index (χ3v) is 4.91. The number of ether oxygens (including phenoxy) is 1. The van der Waals surface area contributed by atoms with E-state index in [0.717, 1.165) is 16.7 Å². The first-order chi connectivity index (χ1) is 16.5. The average Bonchev–Trinajstić information content (AvgIpc) is 3.43. The topological polar surface area (TPSA) is 126 Å². The van der Waals surface area contributed by atoms with Crippen molar-refractivity contribution >= 4 is 23.3 Å². The molecular formula is C21H17F3N6O5. The molecule has 14 heteroatoms. The maximum atomic E-state index is 12.4. The van der Waals surface area contributed by atoms with Crippen LogP contribution in [0.25, 0.3) is 22.5 Å². The lowest BCUT2D eigenvalue weighted by Crippen LogP contribution is -2.38. The molecular weight excluding hydrogens is 473 g/mol. The predicted molar refractivity (Wildman–Crippen MR) is 117 cm³/mol. The van der Waals surface area contributed by atoms with Gasteiger partial charge in [0.15, 0.2) is 11.2 Å². The van der Waals surface area contributed by atoms with E-state index >= 15 is 0 Å². The molecule has 0 radical (unpaired) electrons. The first-order valence-corrected chi connectivity index (χ1v) is 9.92. The molecule has 0 bridgehead atoms. The highest BCUT2D eigenvalue weighted by molar-refractivity contribution is 5.82. The number of nitrogens with one attached hydrogen (secondary N) is 1. The van der Waals surface area contributed by atoms with Gasteiger partial charge in [-0.1, -0.05) is 0 Å². The number of amides is 1. The summed E-state index contributed by atoms with van der Waals surface area (Å²) in [5.74, 6) is -0.290. The van der Waals surface area contributed by atoms with Crippen molar-refractivity contribution in [3.63, 3.8) is 0 Å². The van der Waals surface area contributed by atoms with Crippen molar-refractivity contribution in [3.05, 3.63) is 69.3 Å². The van der Waals surface area contributed by atoms with E-state index < -0.39 is 23.5 Å². The quantitative estimate of drug-likeness (QED) is 0.324. The van der Waals surface area contributed by atoms with Gasteiger partial charge in [-0.15, -0.1) is 13.2 Å². The zero-order valence-electron chi connectivity index (χ0n) is 18.2. The van der Waals surface area contributed by atoms with Crippen molar-refractivity contribution in [2.45, 2.75) is 12.9 Å². The number of carbonyl (C=O) groups is 1. The number of hydrogen-bond donors (Lipinski definition) is 1. The van der Waals surface area contributed by atoms with Crippen LogP contribution in [0.1, 0.15) is 5.76 Å². The largest absolute Gasteiger partial charge is 0.573 e. The lowest BCUT2D eigenvalue weighted by atomic mass is 10.2. The maximum absolute atomic E-state index is 12.4. The third kappa shape index (κ3) is 5.00. The summed E-state index contributed by atoms with van der Waals surface area (Å²) in [6, 6.07) is 8.25. The van der Waals surface area contributed by atoms with Crippen LogP contribution in [0, 0.1) is 0 Å². The van der Waals surface area contributed by atoms with E-state index in [1.807, 2.05) is 0 Å². The Kier molecular flexibility index (Phi) is 6.03. The molecule has 4 aromatic rings. The van der Waals surface area contributed by atoms with Gasteiger partial charge < -0.3 is 13.7 Å². The molecule has 182 valence electrons. The van der Waals surface area contributed by atoms with E-state index in [1.54, 1.807) is 12.1 Å². The second kappa shape index (κ2) is 8.96. The Morgan fingerprint density at radius 2 is 1.86 bits per heavy atom. The molecule has 0 fully saturated rings. The molecule has 3 aromatic heterocycles. The zero-order valence-corrected chi connectivity index (χ0v) is 18.2. The highest BCUT2D eigenvalue weighted by Gasteiger charge is 2.31. The van der Waals surface area contributed by atoms with E-state index in [0.29, 0.717) is 11.3 Å². The maximum Gasteiger partial charge on any atom is 0.573 e. The smallest absolute Gasteiger partial charge is 0.455 e. The number of furan rings is 1. The number of rotatable bonds is 6. The molecule has 0 atom stereocenters. The van der Waals surface area contributed by atoms with Gasteiger partial charge in [0.2, 0.25) is 0 Å². The average molecular weight is 490 g/mol. The van der Waals surface area contributed by atoms with Gasteiger partial charge in [-0.05, 0) is 36.4 Å². The summed E-state index contributed by atoms with van der Waals surface area (Å²) < 4.78 is 49.6. The number of halogens is 3. The summed E-state index contributed by atoms with van der Waals surface area (Å²) in [7, 11) is 2.79. The number of aryl methyl sites for hydroxylation is 1. The van der Waals surface area contributed by atoms with E-state index in [4.69, 9.17) is 4.42 Å². The Balaban J connectivity index is 1.41. The van der Waals surface area contributed by atoms with Crippen molar-refractivity contribution in [3.8, 4) is 17.1 Å². The molecule has 1 amide bonds. The molecule has 1 N–H and O–H groups in total. The van der Waals surface area contributed by atoms with Crippen molar-refractivity contribution in [2.24, 2.45) is 19.2 Å². The van der Waals surface area contributed by atoms with Gasteiger partial charge in [0.25, 0.3) is 11.5 Å². The minimum absolute atomic E-state index is 0.0936. The second-order valence-corrected chi connectivity index (χ2v) is 7.32. The van der Waals surface area contributed by atoms with E-state index in [1.165, 1.54) is 47.9 Å². The lowest BCUT2D eigenvalue weighted by Gasteiger charge is -2.08. The fourth-order valence-corrected chi connectivity index (χ4v) is 3.27. The van der Waals surface area contributed by atoms with Crippen LogP contribution in [0.3, 0.4) is 0 Å². The summed E-state index contributed by atoms with van der Waals surface area (Å²) in [5, 5.41) is 3.80. The second-order valence-electron chi connectivity index (χ2n) is 7.32. The van der Waals surface area contributed by atoms with Gasteiger partial charge in [0, 0.05) is 19.7 Å². The van der Waals surface area contributed by atoms with Gasteiger partial charge in [0.05, 0.1) is 12.5 Å². The van der Waals surface area contributed by atoms with Gasteiger partial charge in [-0.3, -0.25) is 18.7 Å². The first-order valence-electron chi connectivity index (χ1n) is 9.92. The number of alkyl halides is 3. The predicted octanol–water partition coefficient (Wildman–Crippen LogP) is 1.74. The molecule has 0 unspecified atom stereocenters. The molecule has 1 aromatic carbocycles. The fraction of sp³-hybridized carbons (Fsp3) is 0.190. The van der Waals surface area contributed by atoms with Crippen LogP contribution >= 0.6 is 0 Å². The summed E-state index contributed by atoms with van der Waals surface area (Å²) in [6.45, 7) is -0.281. The summed E-state index contributed by atoms with van der Waals surface area (Å²) >= 11 is 0. The van der Waals surface area contributed by atoms with Crippen molar-refractivity contribution < 1.29 is 27.1 Å². The van der Waals surface area contributed by atoms with Crippen molar-refractivity contribution in [1.29, 1.82) is 0 Å². The molecule has 4 rings (SSSR count). The molecule has 0 saturated heterocycles. The van der Waals surface area contributed by atoms with Crippen LogP contribution in [0.15, 0.2) is 61.8 Å². The molecule has 0 spiro atoms. The molecule has 3 heterocycles. The summed E-state index contributed by atoms with van der Waals surface area (Å²) in [4.78, 5) is 40.7. The normalized spacial score (nSPS) is 11.9. The van der Waals surface area contributed by atoms with Gasteiger partial charge >= 0.3 is 12.1 Å². The minimum atomic E-state index is -4.78. The number of aromatic nitrogens is 4. The van der Waals surface area contributed by atoms with Gasteiger partial charge in [0.1, 0.15) is 23.8 Å². The molecule has 0 aliphatic heterocycles. The lowest BCUT2D eigenvalue weighted by molar-refractivity contribution is -0.274. The Hall–Kier alpha value is -4.62. The van der Waals surface area contributed by atoms with Crippen LogP contribution in [0.4, 0.5) is 13.2 Å². The Labute approximate surface area is 193 Å². The molecule has 0 aliphatic rings. The fourth-order valence-electron chi connectivity index (χ4n) is 3.27. The number of imidazole rings is 1. The molecule has 0 aliphatic carbocycles. The standard InChI is InChI=1S/C21H17F3N6O5/c1-28-18-17(19(32)29(2)20(28)33)30(11-25-18)10-16(31)27-26-9-14-7-8-15(34-14)12-3-5-13(6-4-12)35-21(22,23)24/h3-9,11H,10H2,1-2H3,(H,27,31)/b26-9-. The number of hydrogen-bond acceptors (Lipinski definition) is 7. The highest BCUT2D eigenvalue weighted by Crippen LogP contribution is 2.27. The van der Waals surface area contributed by atoms with Crippen molar-refractivity contribution in [1.82, 2.24) is 24.1 Å². The molecule has 35 heavy (non-hydrogen) atoms. The van der Waals surface area contributed by atoms with Crippen LogP contribution in [0.2, 0.25) is 0 Å². The van der Waals surface area contributed by atoms with Crippen LogP contribution in [-0.4, -0.2) is 37.2 Å². The van der Waals surface area contributed by atoms with E-state index in [9.17, 15) is 27.6 Å². The SMILES string of the molecule is Cn1c(=O)c2c(ncn2CC(=O)N/N=C\c2ccc(-c3ccc(OC(F)(F)F)cc3)o2)n(C)c1=O. The molecule has 0 saturated carbocycles. The number of hydrazone groups is 1. The van der Waals surface area contributed by atoms with E-state index in [2.05, 4.69) is 20.2 Å². The summed E-state index contributed by atoms with van der Waals surface area (Å²) in [6.07, 6.45) is -2.27. The van der Waals surface area contributed by atoms with Gasteiger partial charge in [-0.25, -0.2) is 15.2 Å². The monoisotopic (exact) mass is 490 g/mol. The first kappa shape index (κ1) is 23.5. The Morgan fingerprint density at radius 1 is 1.14 bits per heavy atom. The zero-order chi connectivity index (χ0) is 25.3. The highest BCUT2D eigenvalue weighted by atomic mass is 19.4. The number of nitrogens with zero attached hydrogens (tertiary/aromatic N) is 5. The summed E-state index contributed by atoms with van der Waals surface area (Å²) in [5.41, 5.74) is 1.92. The van der Waals surface area contributed by atoms with Crippen LogP contribution < -0.4 is 21.4 Å². The number of benzene rings is 1. The Morgan fingerprint density at radius 3 is 2.54 bits per heavy atom. The van der Waals surface area contributed by atoms with Crippen LogP contribution in [-0.2, 0) is 25.4 Å². The van der Waals surface area contributed by atoms with E-state index in [-0.39, 0.29) is 29.2 Å². The van der Waals surface area contributed by atoms with Gasteiger partial charge in [-0.2, -0.15) is 5.10 Å². The Bertz CT molecular complexity index is 1540. The molecule has 11 nitrogen and oxygen atoms in total. The van der Waals surface area contributed by atoms with Crippen LogP contribution in [0.5, 0.6) is 5.75 Å². The van der Waals surface area contributed by atoms with Crippen molar-refractivity contribution in [2.75, 3.05) is 0 Å².